The summed E-state index contributed by atoms with van der Waals surface area (Å²) in [5.41, 5.74) is 2.02. The van der Waals surface area contributed by atoms with E-state index in [1.807, 2.05) is 37.3 Å². The Morgan fingerprint density at radius 2 is 1.57 bits per heavy atom. The molecule has 0 heterocycles. The van der Waals surface area contributed by atoms with E-state index in [2.05, 4.69) is 0 Å². The molecule has 7 nitrogen and oxygen atoms in total. The van der Waals surface area contributed by atoms with Crippen LogP contribution in [0.1, 0.15) is 22.8 Å². The predicted molar refractivity (Wildman–Crippen MR) is 113 cm³/mol. The van der Waals surface area contributed by atoms with Gasteiger partial charge < -0.3 is 5.11 Å². The summed E-state index contributed by atoms with van der Waals surface area (Å²) in [4.78, 5) is 10.4. The first-order valence-electron chi connectivity index (χ1n) is 9.30. The van der Waals surface area contributed by atoms with Crippen LogP contribution in [0.15, 0.2) is 83.8 Å². The molecule has 0 fully saturated rings. The Kier molecular flexibility index (Phi) is 6.61. The highest BCUT2D eigenvalue weighted by Crippen LogP contribution is 2.24. The first-order chi connectivity index (χ1) is 14.3. The molecule has 30 heavy (non-hydrogen) atoms. The number of sulfonamides is 1. The van der Waals surface area contributed by atoms with Gasteiger partial charge in [0.1, 0.15) is 0 Å². The van der Waals surface area contributed by atoms with Gasteiger partial charge in [0, 0.05) is 25.2 Å². The lowest BCUT2D eigenvalue weighted by Gasteiger charge is -2.25. The maximum absolute atomic E-state index is 13.3. The van der Waals surface area contributed by atoms with Crippen LogP contribution in [0.3, 0.4) is 0 Å². The second kappa shape index (κ2) is 9.17. The highest BCUT2D eigenvalue weighted by molar-refractivity contribution is 7.89. The summed E-state index contributed by atoms with van der Waals surface area (Å²) < 4.78 is 27.8. The number of nitro groups is 1. The van der Waals surface area contributed by atoms with Gasteiger partial charge in [0.2, 0.25) is 10.0 Å². The molecule has 1 atom stereocenters. The second-order valence-corrected chi connectivity index (χ2v) is 8.90. The van der Waals surface area contributed by atoms with Crippen LogP contribution in [-0.4, -0.2) is 29.3 Å². The Labute approximate surface area is 175 Å². The fourth-order valence-electron chi connectivity index (χ4n) is 3.01. The molecule has 0 aromatic heterocycles. The molecule has 0 amide bonds. The zero-order chi connectivity index (χ0) is 21.7. The molecule has 3 aromatic carbocycles. The molecule has 1 N–H and O–H groups in total. The van der Waals surface area contributed by atoms with Crippen LogP contribution in [0.25, 0.3) is 0 Å². The third kappa shape index (κ3) is 5.10. The minimum atomic E-state index is -3.88. The van der Waals surface area contributed by atoms with Crippen LogP contribution >= 0.6 is 0 Å². The lowest BCUT2D eigenvalue weighted by atomic mass is 10.1. The monoisotopic (exact) mass is 426 g/mol. The van der Waals surface area contributed by atoms with Gasteiger partial charge in [-0.25, -0.2) is 8.42 Å². The number of nitrogens with zero attached hydrogens (tertiary/aromatic N) is 2. The molecule has 0 saturated heterocycles. The van der Waals surface area contributed by atoms with Crippen molar-refractivity contribution in [2.75, 3.05) is 6.54 Å². The van der Waals surface area contributed by atoms with Crippen molar-refractivity contribution < 1.29 is 18.4 Å². The molecule has 0 bridgehead atoms. The molecule has 0 spiro atoms. The SMILES string of the molecule is Cc1ccc(S(=O)(=O)N(Cc2ccccc2)CC(O)c2ccc([N+](=O)[O-])cc2)cc1. The largest absolute Gasteiger partial charge is 0.387 e. The third-order valence-corrected chi connectivity index (χ3v) is 6.55. The molecule has 1 unspecified atom stereocenters. The number of benzene rings is 3. The third-order valence-electron chi connectivity index (χ3n) is 4.73. The number of hydrogen-bond donors (Lipinski definition) is 1. The highest BCUT2D eigenvalue weighted by atomic mass is 32.2. The summed E-state index contributed by atoms with van der Waals surface area (Å²) in [6.07, 6.45) is -1.14. The van der Waals surface area contributed by atoms with Gasteiger partial charge in [-0.3, -0.25) is 10.1 Å². The lowest BCUT2D eigenvalue weighted by Crippen LogP contribution is -2.34. The van der Waals surface area contributed by atoms with Gasteiger partial charge in [0.05, 0.1) is 15.9 Å². The quantitative estimate of drug-likeness (QED) is 0.436. The molecule has 156 valence electrons. The molecular formula is C22H22N2O5S. The van der Waals surface area contributed by atoms with E-state index in [9.17, 15) is 23.6 Å². The fourth-order valence-corrected chi connectivity index (χ4v) is 4.45. The molecular weight excluding hydrogens is 404 g/mol. The van der Waals surface area contributed by atoms with Crippen molar-refractivity contribution in [2.45, 2.75) is 24.5 Å². The Bertz CT molecular complexity index is 1100. The first-order valence-corrected chi connectivity index (χ1v) is 10.7. The molecule has 3 rings (SSSR count). The number of rotatable bonds is 8. The lowest BCUT2D eigenvalue weighted by molar-refractivity contribution is -0.384. The topological polar surface area (TPSA) is 101 Å². The molecule has 8 heteroatoms. The Balaban J connectivity index is 1.90. The number of aryl methyl sites for hydroxylation is 1. The highest BCUT2D eigenvalue weighted by Gasteiger charge is 2.27. The zero-order valence-electron chi connectivity index (χ0n) is 16.4. The van der Waals surface area contributed by atoms with Crippen molar-refractivity contribution in [1.29, 1.82) is 0 Å². The van der Waals surface area contributed by atoms with E-state index < -0.39 is 21.1 Å². The van der Waals surface area contributed by atoms with Crippen molar-refractivity contribution in [2.24, 2.45) is 0 Å². The summed E-state index contributed by atoms with van der Waals surface area (Å²) >= 11 is 0. The standard InChI is InChI=1S/C22H22N2O5S/c1-17-7-13-21(14-8-17)30(28,29)23(15-18-5-3-2-4-6-18)16-22(25)19-9-11-20(12-10-19)24(26)27/h2-14,22,25H,15-16H2,1H3. The zero-order valence-corrected chi connectivity index (χ0v) is 17.2. The van der Waals surface area contributed by atoms with Crippen LogP contribution in [0.5, 0.6) is 0 Å². The van der Waals surface area contributed by atoms with Crippen LogP contribution in [0.2, 0.25) is 0 Å². The minimum absolute atomic E-state index is 0.0844. The van der Waals surface area contributed by atoms with Crippen molar-refractivity contribution in [3.8, 4) is 0 Å². The molecule has 0 aliphatic carbocycles. The Hall–Kier alpha value is -3.07. The van der Waals surface area contributed by atoms with E-state index in [4.69, 9.17) is 0 Å². The Morgan fingerprint density at radius 3 is 2.13 bits per heavy atom. The fraction of sp³-hybridized carbons (Fsp3) is 0.182. The van der Waals surface area contributed by atoms with E-state index in [1.54, 1.807) is 24.3 Å². The van der Waals surface area contributed by atoms with Crippen molar-refractivity contribution >= 4 is 15.7 Å². The van der Waals surface area contributed by atoms with E-state index in [1.165, 1.54) is 28.6 Å². The average molecular weight is 426 g/mol. The smallest absolute Gasteiger partial charge is 0.269 e. The van der Waals surface area contributed by atoms with E-state index in [0.29, 0.717) is 5.56 Å². The summed E-state index contributed by atoms with van der Waals surface area (Å²) in [7, 11) is -3.88. The molecule has 0 aliphatic rings. The Morgan fingerprint density at radius 1 is 0.967 bits per heavy atom. The van der Waals surface area contributed by atoms with Crippen molar-refractivity contribution in [3.05, 3.63) is 106 Å². The maximum atomic E-state index is 13.3. The van der Waals surface area contributed by atoms with Gasteiger partial charge in [0.15, 0.2) is 0 Å². The molecule has 3 aromatic rings. The van der Waals surface area contributed by atoms with Gasteiger partial charge in [-0.2, -0.15) is 4.31 Å². The van der Waals surface area contributed by atoms with Gasteiger partial charge in [-0.1, -0.05) is 48.0 Å². The van der Waals surface area contributed by atoms with Gasteiger partial charge in [-0.15, -0.1) is 0 Å². The van der Waals surface area contributed by atoms with E-state index in [-0.39, 0.29) is 23.7 Å². The number of hydrogen-bond acceptors (Lipinski definition) is 5. The summed E-state index contributed by atoms with van der Waals surface area (Å²) in [6.45, 7) is 1.76. The van der Waals surface area contributed by atoms with E-state index >= 15 is 0 Å². The van der Waals surface area contributed by atoms with Crippen LogP contribution in [-0.2, 0) is 16.6 Å². The van der Waals surface area contributed by atoms with Gasteiger partial charge in [0.25, 0.3) is 5.69 Å². The normalized spacial score (nSPS) is 12.6. The first kappa shape index (κ1) is 21.6. The molecule has 0 aliphatic heterocycles. The average Bonchev–Trinajstić information content (AvgIpc) is 2.74. The number of aliphatic hydroxyl groups excluding tert-OH is 1. The summed E-state index contributed by atoms with van der Waals surface area (Å²) in [6, 6.07) is 21.1. The van der Waals surface area contributed by atoms with Gasteiger partial charge >= 0.3 is 0 Å². The summed E-state index contributed by atoms with van der Waals surface area (Å²) in [5.74, 6) is 0. The van der Waals surface area contributed by atoms with Crippen LogP contribution in [0.4, 0.5) is 5.69 Å². The van der Waals surface area contributed by atoms with Crippen LogP contribution < -0.4 is 0 Å². The minimum Gasteiger partial charge on any atom is -0.387 e. The maximum Gasteiger partial charge on any atom is 0.269 e. The van der Waals surface area contributed by atoms with Gasteiger partial charge in [-0.05, 0) is 42.3 Å². The second-order valence-electron chi connectivity index (χ2n) is 6.96. The van der Waals surface area contributed by atoms with Crippen LogP contribution in [0, 0.1) is 17.0 Å². The van der Waals surface area contributed by atoms with Crippen molar-refractivity contribution in [3.63, 3.8) is 0 Å². The summed E-state index contributed by atoms with van der Waals surface area (Å²) in [5, 5.41) is 21.5. The number of nitro benzene ring substituents is 1. The number of aliphatic hydroxyl groups is 1. The predicted octanol–water partition coefficient (Wildman–Crippen LogP) is 3.83. The molecule has 0 radical (unpaired) electrons. The number of non-ortho nitro benzene ring substituents is 1. The molecule has 0 saturated carbocycles. The van der Waals surface area contributed by atoms with Crippen molar-refractivity contribution in [1.82, 2.24) is 4.31 Å². The van der Waals surface area contributed by atoms with E-state index in [0.717, 1.165) is 11.1 Å².